The van der Waals surface area contributed by atoms with Crippen molar-refractivity contribution in [2.45, 2.75) is 65.2 Å². The molecular formula is C22H33NO3. The minimum absolute atomic E-state index is 0.193. The Morgan fingerprint density at radius 1 is 1.12 bits per heavy atom. The molecule has 144 valence electrons. The van der Waals surface area contributed by atoms with Gasteiger partial charge >= 0.3 is 0 Å². The van der Waals surface area contributed by atoms with Crippen LogP contribution in [0.2, 0.25) is 0 Å². The lowest BCUT2D eigenvalue weighted by molar-refractivity contribution is -0.117. The van der Waals surface area contributed by atoms with Gasteiger partial charge < -0.3 is 10.8 Å². The molecule has 0 aromatic rings. The molecular weight excluding hydrogens is 326 g/mol. The number of aliphatic hydroxyl groups is 1. The number of carbonyl (C=O) groups is 2. The average Bonchev–Trinajstić information content (AvgIpc) is 2.93. The third-order valence-corrected chi connectivity index (χ3v) is 8.15. The Bertz CT molecular complexity index is 637. The van der Waals surface area contributed by atoms with Crippen LogP contribution in [0.15, 0.2) is 23.3 Å². The van der Waals surface area contributed by atoms with Crippen molar-refractivity contribution >= 4 is 12.2 Å². The number of aliphatic hydroxyl groups excluding tert-OH is 1. The van der Waals surface area contributed by atoms with E-state index >= 15 is 0 Å². The predicted octanol–water partition coefficient (Wildman–Crippen LogP) is 3.54. The molecule has 5 atom stereocenters. The molecule has 4 aliphatic carbocycles. The highest BCUT2D eigenvalue weighted by molar-refractivity contribution is 5.91. The van der Waals surface area contributed by atoms with Crippen LogP contribution in [-0.4, -0.2) is 23.9 Å². The molecule has 0 unspecified atom stereocenters. The molecule has 4 rings (SSSR count). The lowest BCUT2D eigenvalue weighted by Crippen LogP contribution is -2.49. The summed E-state index contributed by atoms with van der Waals surface area (Å²) >= 11 is 0. The van der Waals surface area contributed by atoms with Crippen LogP contribution in [0.4, 0.5) is 0 Å². The fraction of sp³-hybridized carbons (Fsp3) is 0.727. The van der Waals surface area contributed by atoms with Gasteiger partial charge in [0.05, 0.1) is 6.61 Å². The van der Waals surface area contributed by atoms with Crippen LogP contribution in [-0.2, 0) is 9.59 Å². The van der Waals surface area contributed by atoms with E-state index in [-0.39, 0.29) is 18.4 Å². The van der Waals surface area contributed by atoms with E-state index in [4.69, 9.17) is 4.79 Å². The maximum Gasteiger partial charge on any atom is 0.204 e. The van der Waals surface area contributed by atoms with Gasteiger partial charge in [0.15, 0.2) is 5.78 Å². The SMILES string of the molecule is C[C@]12CCC(=O)C=C1CC[C@@H]1[C@@H]2CC[C@]2(C)C(=CCO)CC[C@@H]12.NC=O. The molecule has 3 fully saturated rings. The molecule has 3 saturated carbocycles. The quantitative estimate of drug-likeness (QED) is 0.555. The minimum Gasteiger partial charge on any atom is -0.392 e. The predicted molar refractivity (Wildman–Crippen MR) is 102 cm³/mol. The van der Waals surface area contributed by atoms with Crippen molar-refractivity contribution in [1.82, 2.24) is 0 Å². The summed E-state index contributed by atoms with van der Waals surface area (Å²) in [6.07, 6.45) is 13.6. The maximum atomic E-state index is 11.9. The molecule has 0 bridgehead atoms. The molecule has 0 radical (unpaired) electrons. The molecule has 4 aliphatic rings. The van der Waals surface area contributed by atoms with Crippen LogP contribution in [0.25, 0.3) is 0 Å². The fourth-order valence-electron chi connectivity index (χ4n) is 6.85. The zero-order valence-corrected chi connectivity index (χ0v) is 16.2. The highest BCUT2D eigenvalue weighted by Gasteiger charge is 2.57. The lowest BCUT2D eigenvalue weighted by Gasteiger charge is -2.57. The third kappa shape index (κ3) is 2.96. The summed E-state index contributed by atoms with van der Waals surface area (Å²) in [5, 5.41) is 9.37. The molecule has 0 aromatic carbocycles. The lowest BCUT2D eigenvalue weighted by atomic mass is 9.47. The largest absolute Gasteiger partial charge is 0.392 e. The van der Waals surface area contributed by atoms with Crippen molar-refractivity contribution in [3.05, 3.63) is 23.3 Å². The number of fused-ring (bicyclic) bond motifs is 5. The van der Waals surface area contributed by atoms with Gasteiger partial charge in [-0.2, -0.15) is 0 Å². The molecule has 0 aliphatic heterocycles. The number of rotatable bonds is 1. The van der Waals surface area contributed by atoms with E-state index in [1.807, 2.05) is 6.08 Å². The Balaban J connectivity index is 0.000000613. The first-order chi connectivity index (χ1) is 12.4. The van der Waals surface area contributed by atoms with E-state index in [0.29, 0.717) is 11.2 Å². The summed E-state index contributed by atoms with van der Waals surface area (Å²) in [6.45, 7) is 5.10. The van der Waals surface area contributed by atoms with Crippen molar-refractivity contribution < 1.29 is 14.7 Å². The van der Waals surface area contributed by atoms with E-state index in [1.54, 1.807) is 0 Å². The van der Waals surface area contributed by atoms with Crippen molar-refractivity contribution in [1.29, 1.82) is 0 Å². The van der Waals surface area contributed by atoms with Crippen molar-refractivity contribution in [3.8, 4) is 0 Å². The Kier molecular flexibility index (Phi) is 5.43. The molecule has 4 heteroatoms. The molecule has 0 spiro atoms. The number of nitrogens with two attached hydrogens (primary N) is 1. The van der Waals surface area contributed by atoms with E-state index in [2.05, 4.69) is 25.7 Å². The second-order valence-electron chi connectivity index (χ2n) is 9.01. The zero-order chi connectivity index (χ0) is 18.9. The Morgan fingerprint density at radius 3 is 2.50 bits per heavy atom. The van der Waals surface area contributed by atoms with Crippen LogP contribution < -0.4 is 5.73 Å². The van der Waals surface area contributed by atoms with Gasteiger partial charge in [0, 0.05) is 6.42 Å². The summed E-state index contributed by atoms with van der Waals surface area (Å²) in [4.78, 5) is 20.4. The Labute approximate surface area is 156 Å². The van der Waals surface area contributed by atoms with Gasteiger partial charge in [-0.25, -0.2) is 0 Å². The summed E-state index contributed by atoms with van der Waals surface area (Å²) in [6, 6.07) is 0. The monoisotopic (exact) mass is 359 g/mol. The minimum atomic E-state index is 0.193. The normalized spacial score (nSPS) is 42.7. The first-order valence-corrected chi connectivity index (χ1v) is 10.1. The molecule has 0 heterocycles. The highest BCUT2D eigenvalue weighted by Crippen LogP contribution is 2.66. The summed E-state index contributed by atoms with van der Waals surface area (Å²) in [7, 11) is 0. The molecule has 4 nitrogen and oxygen atoms in total. The topological polar surface area (TPSA) is 80.4 Å². The van der Waals surface area contributed by atoms with Crippen molar-refractivity contribution in [3.63, 3.8) is 0 Å². The second-order valence-corrected chi connectivity index (χ2v) is 9.01. The molecule has 0 aromatic heterocycles. The van der Waals surface area contributed by atoms with E-state index in [1.165, 1.54) is 43.3 Å². The number of amides is 1. The molecule has 0 saturated heterocycles. The summed E-state index contributed by atoms with van der Waals surface area (Å²) in [5.41, 5.74) is 7.75. The summed E-state index contributed by atoms with van der Waals surface area (Å²) < 4.78 is 0. The maximum absolute atomic E-state index is 11.9. The Hall–Kier alpha value is -1.42. The smallest absolute Gasteiger partial charge is 0.204 e. The molecule has 26 heavy (non-hydrogen) atoms. The second kappa shape index (κ2) is 7.30. The van der Waals surface area contributed by atoms with Gasteiger partial charge in [-0.05, 0) is 79.6 Å². The van der Waals surface area contributed by atoms with Gasteiger partial charge in [0.2, 0.25) is 6.41 Å². The van der Waals surface area contributed by atoms with Crippen LogP contribution >= 0.6 is 0 Å². The van der Waals surface area contributed by atoms with Crippen LogP contribution in [0, 0.1) is 28.6 Å². The van der Waals surface area contributed by atoms with E-state index in [0.717, 1.165) is 37.0 Å². The van der Waals surface area contributed by atoms with Crippen molar-refractivity contribution in [2.24, 2.45) is 34.3 Å². The highest BCUT2D eigenvalue weighted by atomic mass is 16.2. The number of allylic oxidation sites excluding steroid dienone is 2. The number of ketones is 1. The van der Waals surface area contributed by atoms with Gasteiger partial charge in [0.1, 0.15) is 0 Å². The van der Waals surface area contributed by atoms with Crippen molar-refractivity contribution in [2.75, 3.05) is 6.61 Å². The number of carbonyl (C=O) groups excluding carboxylic acids is 2. The van der Waals surface area contributed by atoms with E-state index in [9.17, 15) is 9.90 Å². The van der Waals surface area contributed by atoms with Gasteiger partial charge in [-0.1, -0.05) is 31.1 Å². The first-order valence-electron chi connectivity index (χ1n) is 10.1. The number of primary amides is 1. The number of hydrogen-bond acceptors (Lipinski definition) is 3. The zero-order valence-electron chi connectivity index (χ0n) is 16.2. The Morgan fingerprint density at radius 2 is 1.81 bits per heavy atom. The first kappa shape index (κ1) is 19.3. The fourth-order valence-corrected chi connectivity index (χ4v) is 6.85. The van der Waals surface area contributed by atoms with Crippen LogP contribution in [0.5, 0.6) is 0 Å². The molecule has 3 N–H and O–H groups in total. The average molecular weight is 360 g/mol. The number of hydrogen-bond donors (Lipinski definition) is 2. The van der Waals surface area contributed by atoms with E-state index < -0.39 is 0 Å². The van der Waals surface area contributed by atoms with Gasteiger partial charge in [-0.3, -0.25) is 9.59 Å². The standard InChI is InChI=1S/C21H30O2.CH3NO/c1-20-11-8-19-17(18(20)6-4-14(20)9-12-22)5-3-15-13-16(23)7-10-21(15,19)2;2-1-3/h9,13,17-19,22H,3-8,10-12H2,1-2H3;1H,(H2,2,3)/t17-,18-,19-,20+,21-;/m0./s1. The van der Waals surface area contributed by atoms with Gasteiger partial charge in [0.25, 0.3) is 0 Å². The van der Waals surface area contributed by atoms with Gasteiger partial charge in [-0.15, -0.1) is 0 Å². The van der Waals surface area contributed by atoms with Crippen LogP contribution in [0.1, 0.15) is 65.2 Å². The summed E-state index contributed by atoms with van der Waals surface area (Å²) in [5.74, 6) is 2.72. The molecule has 1 amide bonds. The van der Waals surface area contributed by atoms with Crippen LogP contribution in [0.3, 0.4) is 0 Å². The third-order valence-electron chi connectivity index (χ3n) is 8.15.